The number of H-pyrrole nitrogens is 1. The maximum absolute atomic E-state index is 10.8. The van der Waals surface area contributed by atoms with E-state index in [9.17, 15) is 10.1 Å². The number of nitrogens with zero attached hydrogens (tertiary/aromatic N) is 5. The lowest BCUT2D eigenvalue weighted by Gasteiger charge is -2.15. The Morgan fingerprint density at radius 2 is 0.775 bits per heavy atom. The van der Waals surface area contributed by atoms with E-state index in [1.165, 1.54) is 12.1 Å². The number of hydrogen-bond donors (Lipinski definition) is 4. The average Bonchev–Trinajstić information content (AvgIpc) is 2.27. The maximum Gasteiger partial charge on any atom is 0.369 e. The van der Waals surface area contributed by atoms with Gasteiger partial charge in [-0.3, -0.25) is 15.4 Å². The first-order valence-electron chi connectivity index (χ1n) is 27.5. The van der Waals surface area contributed by atoms with Crippen molar-refractivity contribution >= 4 is 79.2 Å². The van der Waals surface area contributed by atoms with Crippen molar-refractivity contribution in [3.8, 4) is 75.2 Å². The van der Waals surface area contributed by atoms with E-state index >= 15 is 0 Å². The number of aromatic amines is 1. The Kier molecular flexibility index (Phi) is 27.0. The van der Waals surface area contributed by atoms with E-state index in [4.69, 9.17) is 48.9 Å². The molecule has 0 bridgehead atoms. The minimum absolute atomic E-state index is 0.0725. The second-order valence-electron chi connectivity index (χ2n) is 20.3. The summed E-state index contributed by atoms with van der Waals surface area (Å²) in [6.07, 6.45) is 1.92. The third-order valence-corrected chi connectivity index (χ3v) is 13.2. The Morgan fingerprint density at radius 3 is 1.03 bits per heavy atom. The monoisotopic (exact) mass is 1400 g/mol. The van der Waals surface area contributed by atoms with E-state index in [1.807, 2.05) is 185 Å². The van der Waals surface area contributed by atoms with Crippen LogP contribution in [0.1, 0.15) is 66.8 Å². The van der Waals surface area contributed by atoms with Crippen molar-refractivity contribution in [3.63, 3.8) is 0 Å². The normalized spacial score (nSPS) is 10.1. The number of anilines is 4. The van der Waals surface area contributed by atoms with Crippen LogP contribution in [-0.2, 0) is 0 Å². The van der Waals surface area contributed by atoms with Gasteiger partial charge in [0.05, 0.1) is 33.4 Å². The van der Waals surface area contributed by atoms with Gasteiger partial charge in [-0.25, -0.2) is 0 Å². The van der Waals surface area contributed by atoms with Gasteiger partial charge in [0.25, 0.3) is 11.6 Å². The molecule has 0 radical (unpaired) electrons. The van der Waals surface area contributed by atoms with Crippen LogP contribution in [-0.4, -0.2) is 57.2 Å². The Balaban J connectivity index is 0.000000212. The molecule has 1 heterocycles. The number of ether oxygens (including phenoxy) is 8. The van der Waals surface area contributed by atoms with Gasteiger partial charge >= 0.3 is 3.18 Å². The number of nitrogen functional groups attached to an aromatic ring is 1. The van der Waals surface area contributed by atoms with Gasteiger partial charge in [0.2, 0.25) is 0 Å². The van der Waals surface area contributed by atoms with Crippen molar-refractivity contribution in [3.05, 3.63) is 198 Å². The van der Waals surface area contributed by atoms with Crippen LogP contribution >= 0.6 is 47.3 Å². The number of nitrogens with two attached hydrogens (primary N) is 1. The second-order valence-corrected chi connectivity index (χ2v) is 26.7. The third-order valence-electron chi connectivity index (χ3n) is 13.2. The van der Waals surface area contributed by atoms with Crippen LogP contribution in [0.3, 0.4) is 0 Å². The number of nitro benzene ring substituents is 1. The highest BCUT2D eigenvalue weighted by molar-refractivity contribution is 9.69. The van der Waals surface area contributed by atoms with E-state index in [0.717, 1.165) is 141 Å². The smallest absolute Gasteiger partial charge is 0.369 e. The molecule has 0 aliphatic rings. The highest BCUT2D eigenvalue weighted by Gasteiger charge is 2.16. The van der Waals surface area contributed by atoms with Gasteiger partial charge in [-0.05, 0) is 264 Å². The molecule has 5 N–H and O–H groups in total. The van der Waals surface area contributed by atoms with Crippen LogP contribution in [0.5, 0.6) is 69.0 Å². The molecule has 0 atom stereocenters. The lowest BCUT2D eigenvalue weighted by molar-refractivity contribution is -0.385. The highest BCUT2D eigenvalue weighted by atomic mass is 79.9. The topological polar surface area (TPSA) is 245 Å². The zero-order valence-corrected chi connectivity index (χ0v) is 57.4. The molecule has 0 amide bonds. The first kappa shape index (κ1) is 70.8. The molecule has 23 heteroatoms. The number of rotatable bonds is 16. The molecule has 466 valence electrons. The molecule has 8 aromatic carbocycles. The van der Waals surface area contributed by atoms with Crippen molar-refractivity contribution in [2.45, 2.75) is 83.1 Å². The zero-order valence-electron chi connectivity index (χ0n) is 52.7. The fourth-order valence-electron chi connectivity index (χ4n) is 9.24. The quantitative estimate of drug-likeness (QED) is 0.0175. The first-order chi connectivity index (χ1) is 42.3. The van der Waals surface area contributed by atoms with Gasteiger partial charge in [0.1, 0.15) is 69.0 Å². The van der Waals surface area contributed by atoms with E-state index in [0.29, 0.717) is 17.4 Å². The summed E-state index contributed by atoms with van der Waals surface area (Å²) in [5.41, 5.74) is 19.8. The molecule has 0 unspecified atom stereocenters. The standard InChI is InChI=1S/C17H19N5O2.C17H18N2O2.C16H17NO4.C16H19NO2.BBr3/c1-10-9-14(5-6-15(10)23-4)24-16-11(2)7-13(8-12(16)3)18-17-19-21-22-20-17;1-11-9-15(5-6-16(11)20-4)21-17-12(2)7-14(19-10-18)8-13(17)3;1-10-9-14(5-6-15(10)20-4)21-16-11(2)7-13(17(18)19)8-12(16)3;1-10-9-14(5-6-15(10)18-4)19-16-11(2)7-13(17)8-12(16)3;2-1(3)4/h5-9H,1-4H3,(H2,18,19,20,21,22);5-9,19H,1-4H3;5-9H,1-4H3;5-9H,17H2,1-4H3;. The van der Waals surface area contributed by atoms with Gasteiger partial charge in [-0.2, -0.15) is 10.5 Å². The van der Waals surface area contributed by atoms with E-state index < -0.39 is 4.92 Å². The number of methoxy groups -OCH3 is 4. The number of tetrazole rings is 1. The van der Waals surface area contributed by atoms with E-state index in [1.54, 1.807) is 42.3 Å². The number of benzene rings is 8. The number of hydrogen-bond acceptors (Lipinski definition) is 17. The molecule has 9 aromatic rings. The number of halogens is 3. The molecule has 9 rings (SSSR count). The van der Waals surface area contributed by atoms with Crippen LogP contribution in [0.15, 0.2) is 121 Å². The molecule has 0 aliphatic heterocycles. The maximum atomic E-state index is 10.8. The van der Waals surface area contributed by atoms with E-state index in [-0.39, 0.29) is 8.87 Å². The number of aromatic nitrogens is 4. The first-order valence-corrected chi connectivity index (χ1v) is 30.3. The van der Waals surface area contributed by atoms with Gasteiger partial charge in [-0.15, -0.1) is 52.4 Å². The summed E-state index contributed by atoms with van der Waals surface area (Å²) in [6, 6.07) is 37.4. The number of aryl methyl sites for hydroxylation is 12. The fourth-order valence-corrected chi connectivity index (χ4v) is 9.24. The predicted molar refractivity (Wildman–Crippen MR) is 365 cm³/mol. The minimum atomic E-state index is -0.401. The summed E-state index contributed by atoms with van der Waals surface area (Å²) in [5, 5.41) is 39.0. The summed E-state index contributed by atoms with van der Waals surface area (Å²) in [7, 11) is 6.59. The van der Waals surface area contributed by atoms with Crippen molar-refractivity contribution in [1.82, 2.24) is 20.6 Å². The molecule has 0 aliphatic carbocycles. The van der Waals surface area contributed by atoms with E-state index in [2.05, 4.69) is 78.5 Å². The number of non-ortho nitro benzene ring substituents is 1. The minimum Gasteiger partial charge on any atom is -0.496 e. The summed E-state index contributed by atoms with van der Waals surface area (Å²) in [4.78, 5) is 10.4. The number of nitro groups is 1. The summed E-state index contributed by atoms with van der Waals surface area (Å²) < 4.78 is 45.2. The number of nitriles is 1. The Hall–Kier alpha value is -8.98. The van der Waals surface area contributed by atoms with Crippen molar-refractivity contribution in [1.29, 1.82) is 5.26 Å². The Bertz CT molecular complexity index is 3830. The SMILES string of the molecule is BrB(Br)Br.COc1ccc(Oc2c(C)cc(N)cc2C)cc1C.COc1ccc(Oc2c(C)cc(NC#N)cc2C)cc1C.COc1ccc(Oc2c(C)cc(Nc3nn[nH]n3)cc2C)cc1C.COc1ccc(Oc2c(C)cc([N+](=O)[O-])cc2C)cc1C. The van der Waals surface area contributed by atoms with Crippen LogP contribution in [0.2, 0.25) is 0 Å². The van der Waals surface area contributed by atoms with Crippen LogP contribution in [0, 0.1) is 105 Å². The Morgan fingerprint density at radius 1 is 0.483 bits per heavy atom. The molecular formula is C66H73BBr3N9O10. The predicted octanol–water partition coefficient (Wildman–Crippen LogP) is 18.4. The third kappa shape index (κ3) is 21.1. The fraction of sp³-hybridized carbons (Fsp3) is 0.242. The molecule has 0 saturated heterocycles. The second kappa shape index (κ2) is 34.0. The van der Waals surface area contributed by atoms with Crippen LogP contribution in [0.4, 0.5) is 28.7 Å². The molecule has 19 nitrogen and oxygen atoms in total. The molecule has 0 saturated carbocycles. The summed E-state index contributed by atoms with van der Waals surface area (Å²) >= 11 is 9.31. The number of nitrogens with one attached hydrogen (secondary N) is 3. The Labute approximate surface area is 545 Å². The molecule has 0 spiro atoms. The van der Waals surface area contributed by atoms with Gasteiger partial charge in [-0.1, -0.05) is 5.10 Å². The molecule has 0 fully saturated rings. The van der Waals surface area contributed by atoms with Gasteiger partial charge < -0.3 is 48.9 Å². The zero-order chi connectivity index (χ0) is 65.6. The van der Waals surface area contributed by atoms with Crippen molar-refractivity contribution < 1.29 is 42.8 Å². The van der Waals surface area contributed by atoms with Gasteiger partial charge in [0.15, 0.2) is 6.19 Å². The van der Waals surface area contributed by atoms with Gasteiger partial charge in [0, 0.05) is 29.2 Å². The molecular weight excluding hydrogens is 1330 g/mol. The highest BCUT2D eigenvalue weighted by Crippen LogP contribution is 2.38. The molecule has 1 aromatic heterocycles. The molecule has 89 heavy (non-hydrogen) atoms. The summed E-state index contributed by atoms with van der Waals surface area (Å²) in [6.45, 7) is 23.4. The largest absolute Gasteiger partial charge is 0.496 e. The van der Waals surface area contributed by atoms with Crippen LogP contribution < -0.4 is 54.3 Å². The average molecular weight is 1400 g/mol. The van der Waals surface area contributed by atoms with Crippen LogP contribution in [0.25, 0.3) is 0 Å². The summed E-state index contributed by atoms with van der Waals surface area (Å²) in [5.74, 6) is 9.91. The van der Waals surface area contributed by atoms with Crippen molar-refractivity contribution in [2.24, 2.45) is 0 Å². The van der Waals surface area contributed by atoms with Crippen molar-refractivity contribution in [2.75, 3.05) is 44.8 Å². The lowest BCUT2D eigenvalue weighted by Crippen LogP contribution is -1.97. The lowest BCUT2D eigenvalue weighted by atomic mass is 10.1.